The Bertz CT molecular complexity index is 242. The van der Waals surface area contributed by atoms with Crippen LogP contribution in [0.5, 0.6) is 0 Å². The summed E-state index contributed by atoms with van der Waals surface area (Å²) in [7, 11) is 0. The summed E-state index contributed by atoms with van der Waals surface area (Å²) in [6, 6.07) is 0. The summed E-state index contributed by atoms with van der Waals surface area (Å²) in [5.41, 5.74) is 0. The molecule has 0 amide bonds. The fourth-order valence-electron chi connectivity index (χ4n) is 3.50. The molecule has 0 heterocycles. The highest BCUT2D eigenvalue weighted by Crippen LogP contribution is 2.49. The SMILES string of the molecule is O=C(O)CSCCCCC1CC2CC[C@@H]1C2. The predicted octanol–water partition coefficient (Wildman–Crippen LogP) is 3.41. The smallest absolute Gasteiger partial charge is 0.313 e. The molecule has 2 fully saturated rings. The number of thioether (sulfide) groups is 1. The maximum Gasteiger partial charge on any atom is 0.313 e. The fourth-order valence-corrected chi connectivity index (χ4v) is 4.23. The number of carbonyl (C=O) groups is 1. The number of hydrogen-bond donors (Lipinski definition) is 1. The van der Waals surface area contributed by atoms with Crippen molar-refractivity contribution in [3.8, 4) is 0 Å². The van der Waals surface area contributed by atoms with Gasteiger partial charge in [-0.15, -0.1) is 0 Å². The minimum atomic E-state index is -0.682. The number of hydrogen-bond acceptors (Lipinski definition) is 2. The van der Waals surface area contributed by atoms with Crippen LogP contribution in [0.4, 0.5) is 0 Å². The Hall–Kier alpha value is -0.180. The topological polar surface area (TPSA) is 37.3 Å². The van der Waals surface area contributed by atoms with E-state index >= 15 is 0 Å². The quantitative estimate of drug-likeness (QED) is 0.695. The summed E-state index contributed by atoms with van der Waals surface area (Å²) in [5, 5.41) is 8.49. The summed E-state index contributed by atoms with van der Waals surface area (Å²) in [5.74, 6) is 3.75. The van der Waals surface area contributed by atoms with Gasteiger partial charge in [0.15, 0.2) is 0 Å². The number of aliphatic carboxylic acids is 1. The third-order valence-electron chi connectivity index (χ3n) is 4.22. The molecule has 2 aliphatic rings. The minimum Gasteiger partial charge on any atom is -0.481 e. The summed E-state index contributed by atoms with van der Waals surface area (Å²) in [6.07, 6.45) is 9.89. The second-order valence-corrected chi connectivity index (χ2v) is 6.48. The zero-order valence-electron chi connectivity index (χ0n) is 9.86. The molecule has 2 nitrogen and oxygen atoms in total. The van der Waals surface area contributed by atoms with Crippen molar-refractivity contribution in [2.24, 2.45) is 17.8 Å². The second-order valence-electron chi connectivity index (χ2n) is 5.38. The van der Waals surface area contributed by atoms with Gasteiger partial charge in [-0.05, 0) is 49.2 Å². The molecule has 0 aliphatic heterocycles. The lowest BCUT2D eigenvalue weighted by molar-refractivity contribution is -0.133. The van der Waals surface area contributed by atoms with Gasteiger partial charge in [0.2, 0.25) is 0 Å². The zero-order chi connectivity index (χ0) is 11.4. The molecule has 0 aromatic carbocycles. The first kappa shape index (κ1) is 12.3. The van der Waals surface area contributed by atoms with Gasteiger partial charge < -0.3 is 5.11 Å². The average Bonchev–Trinajstić information content (AvgIpc) is 2.84. The molecule has 2 aliphatic carbocycles. The second kappa shape index (κ2) is 5.95. The molecule has 0 saturated heterocycles. The molecule has 2 bridgehead atoms. The monoisotopic (exact) mass is 242 g/mol. The van der Waals surface area contributed by atoms with E-state index in [-0.39, 0.29) is 5.75 Å². The molecule has 2 rings (SSSR count). The Morgan fingerprint density at radius 1 is 1.25 bits per heavy atom. The van der Waals surface area contributed by atoms with E-state index in [1.807, 2.05) is 0 Å². The van der Waals surface area contributed by atoms with Crippen molar-refractivity contribution >= 4 is 17.7 Å². The highest BCUT2D eigenvalue weighted by Gasteiger charge is 2.38. The number of fused-ring (bicyclic) bond motifs is 2. The van der Waals surface area contributed by atoms with E-state index in [0.717, 1.165) is 23.5 Å². The molecule has 16 heavy (non-hydrogen) atoms. The van der Waals surface area contributed by atoms with Crippen LogP contribution in [0.3, 0.4) is 0 Å². The van der Waals surface area contributed by atoms with Gasteiger partial charge >= 0.3 is 5.97 Å². The van der Waals surface area contributed by atoms with E-state index in [1.54, 1.807) is 11.8 Å². The van der Waals surface area contributed by atoms with Crippen LogP contribution in [-0.2, 0) is 4.79 Å². The summed E-state index contributed by atoms with van der Waals surface area (Å²) >= 11 is 1.56. The van der Waals surface area contributed by atoms with E-state index < -0.39 is 5.97 Å². The minimum absolute atomic E-state index is 0.272. The first-order chi connectivity index (χ1) is 7.75. The number of carboxylic acids is 1. The van der Waals surface area contributed by atoms with E-state index in [9.17, 15) is 4.79 Å². The maximum atomic E-state index is 10.3. The Morgan fingerprint density at radius 3 is 2.75 bits per heavy atom. The van der Waals surface area contributed by atoms with Crippen LogP contribution in [0.2, 0.25) is 0 Å². The molecule has 0 spiro atoms. The molecule has 2 saturated carbocycles. The highest BCUT2D eigenvalue weighted by molar-refractivity contribution is 7.99. The first-order valence-corrected chi connectivity index (χ1v) is 7.70. The van der Waals surface area contributed by atoms with Crippen LogP contribution in [0.15, 0.2) is 0 Å². The van der Waals surface area contributed by atoms with Crippen LogP contribution in [0, 0.1) is 17.8 Å². The summed E-state index contributed by atoms with van der Waals surface area (Å²) < 4.78 is 0. The molecular formula is C13H22O2S. The van der Waals surface area contributed by atoms with Crippen LogP contribution in [-0.4, -0.2) is 22.6 Å². The van der Waals surface area contributed by atoms with Crippen molar-refractivity contribution in [2.75, 3.05) is 11.5 Å². The van der Waals surface area contributed by atoms with E-state index in [0.29, 0.717) is 0 Å². The van der Waals surface area contributed by atoms with Crippen LogP contribution < -0.4 is 0 Å². The van der Waals surface area contributed by atoms with Gasteiger partial charge in [0, 0.05) is 0 Å². The lowest BCUT2D eigenvalue weighted by Gasteiger charge is -2.21. The lowest BCUT2D eigenvalue weighted by Crippen LogP contribution is -2.10. The predicted molar refractivity (Wildman–Crippen MR) is 67.7 cm³/mol. The van der Waals surface area contributed by atoms with Gasteiger partial charge in [-0.2, -0.15) is 11.8 Å². The number of rotatable bonds is 7. The first-order valence-electron chi connectivity index (χ1n) is 6.55. The number of unbranched alkanes of at least 4 members (excludes halogenated alkanes) is 1. The van der Waals surface area contributed by atoms with Crippen molar-refractivity contribution in [1.29, 1.82) is 0 Å². The molecule has 0 aromatic heterocycles. The van der Waals surface area contributed by atoms with E-state index in [2.05, 4.69) is 0 Å². The van der Waals surface area contributed by atoms with Crippen molar-refractivity contribution in [1.82, 2.24) is 0 Å². The van der Waals surface area contributed by atoms with Crippen molar-refractivity contribution < 1.29 is 9.90 Å². The van der Waals surface area contributed by atoms with Crippen LogP contribution in [0.1, 0.15) is 44.9 Å². The summed E-state index contributed by atoms with van der Waals surface area (Å²) in [4.78, 5) is 10.3. The molecule has 2 unspecified atom stereocenters. The molecule has 3 heteroatoms. The van der Waals surface area contributed by atoms with Gasteiger partial charge in [0.05, 0.1) is 5.75 Å². The molecule has 0 aromatic rings. The van der Waals surface area contributed by atoms with Crippen molar-refractivity contribution in [3.05, 3.63) is 0 Å². The van der Waals surface area contributed by atoms with Gasteiger partial charge in [-0.3, -0.25) is 4.79 Å². The van der Waals surface area contributed by atoms with Crippen molar-refractivity contribution in [2.45, 2.75) is 44.9 Å². The van der Waals surface area contributed by atoms with Crippen molar-refractivity contribution in [3.63, 3.8) is 0 Å². The number of carboxylic acid groups (broad SMARTS) is 1. The van der Waals surface area contributed by atoms with Crippen LogP contribution in [0.25, 0.3) is 0 Å². The van der Waals surface area contributed by atoms with E-state index in [1.165, 1.54) is 44.9 Å². The van der Waals surface area contributed by atoms with Gasteiger partial charge in [0.1, 0.15) is 0 Å². The molecule has 0 radical (unpaired) electrons. The fraction of sp³-hybridized carbons (Fsp3) is 0.923. The third-order valence-corrected chi connectivity index (χ3v) is 5.25. The molecule has 92 valence electrons. The van der Waals surface area contributed by atoms with Gasteiger partial charge in [-0.1, -0.05) is 19.3 Å². The Labute approximate surface area is 102 Å². The normalized spacial score (nSPS) is 32.1. The Morgan fingerprint density at radius 2 is 2.12 bits per heavy atom. The Kier molecular flexibility index (Phi) is 4.56. The van der Waals surface area contributed by atoms with Gasteiger partial charge in [-0.25, -0.2) is 0 Å². The van der Waals surface area contributed by atoms with E-state index in [4.69, 9.17) is 5.11 Å². The average molecular weight is 242 g/mol. The lowest BCUT2D eigenvalue weighted by atomic mass is 9.85. The zero-order valence-corrected chi connectivity index (χ0v) is 10.7. The molecule has 3 atom stereocenters. The highest BCUT2D eigenvalue weighted by atomic mass is 32.2. The maximum absolute atomic E-state index is 10.3. The van der Waals surface area contributed by atoms with Crippen LogP contribution >= 0.6 is 11.8 Å². The molecular weight excluding hydrogens is 220 g/mol. The Balaban J connectivity index is 1.48. The largest absolute Gasteiger partial charge is 0.481 e. The molecule has 1 N–H and O–H groups in total. The third kappa shape index (κ3) is 3.41. The van der Waals surface area contributed by atoms with Gasteiger partial charge in [0.25, 0.3) is 0 Å². The summed E-state index contributed by atoms with van der Waals surface area (Å²) in [6.45, 7) is 0. The standard InChI is InChI=1S/C13H22O2S/c14-13(15)9-16-6-2-1-3-11-7-10-4-5-12(11)8-10/h10-12H,1-9H2,(H,14,15)/t10?,11?,12-/m1/s1.